The van der Waals surface area contributed by atoms with Gasteiger partial charge in [-0.3, -0.25) is 9.59 Å². The minimum absolute atomic E-state index is 0.0296. The molecule has 0 aliphatic heterocycles. The number of fused-ring (bicyclic) bond motifs is 1. The number of anilines is 1. The summed E-state index contributed by atoms with van der Waals surface area (Å²) in [6.07, 6.45) is -4.15. The first-order valence-corrected chi connectivity index (χ1v) is 11.2. The molecule has 34 heavy (non-hydrogen) atoms. The molecule has 7 nitrogen and oxygen atoms in total. The van der Waals surface area contributed by atoms with Crippen LogP contribution < -0.4 is 10.7 Å². The largest absolute Gasteiger partial charge is 0.416 e. The first kappa shape index (κ1) is 24.0. The first-order valence-electron chi connectivity index (χ1n) is 10.0. The Morgan fingerprint density at radius 3 is 2.47 bits per heavy atom. The van der Waals surface area contributed by atoms with Gasteiger partial charge in [0.05, 0.1) is 26.4 Å². The van der Waals surface area contributed by atoms with Gasteiger partial charge >= 0.3 is 6.18 Å². The molecule has 0 aliphatic rings. The van der Waals surface area contributed by atoms with Gasteiger partial charge in [-0.15, -0.1) is 15.0 Å². The maximum absolute atomic E-state index is 12.9. The highest BCUT2D eigenvalue weighted by Crippen LogP contribution is 2.33. The fourth-order valence-corrected chi connectivity index (χ4v) is 4.34. The zero-order chi connectivity index (χ0) is 24.6. The summed E-state index contributed by atoms with van der Waals surface area (Å²) < 4.78 is 40.4. The van der Waals surface area contributed by atoms with Crippen molar-refractivity contribution in [2.75, 3.05) is 5.32 Å². The molecule has 0 spiro atoms. The quantitative estimate of drug-likeness (QED) is 0.367. The third-order valence-corrected chi connectivity index (χ3v) is 6.17. The van der Waals surface area contributed by atoms with Crippen LogP contribution in [0.15, 0.2) is 57.8 Å². The van der Waals surface area contributed by atoms with Crippen molar-refractivity contribution in [1.82, 2.24) is 19.6 Å². The van der Waals surface area contributed by atoms with Gasteiger partial charge in [-0.05, 0) is 52.7 Å². The van der Waals surface area contributed by atoms with Gasteiger partial charge in [0.2, 0.25) is 11.3 Å². The summed E-state index contributed by atoms with van der Waals surface area (Å²) in [5, 5.41) is 11.0. The molecule has 12 heteroatoms. The first-order chi connectivity index (χ1) is 16.1. The van der Waals surface area contributed by atoms with Crippen LogP contribution in [-0.2, 0) is 23.9 Å². The van der Waals surface area contributed by atoms with Crippen LogP contribution in [0.4, 0.5) is 18.9 Å². The van der Waals surface area contributed by atoms with Gasteiger partial charge in [0.25, 0.3) is 0 Å². The van der Waals surface area contributed by atoms with Crippen molar-refractivity contribution in [2.45, 2.75) is 26.1 Å². The Morgan fingerprint density at radius 2 is 1.85 bits per heavy atom. The lowest BCUT2D eigenvalue weighted by molar-refractivity contribution is -0.137. The molecule has 1 amide bonds. The monoisotopic (exact) mass is 553 g/mol. The number of carbonyl (C=O) groups is 1. The summed E-state index contributed by atoms with van der Waals surface area (Å²) in [6, 6.07) is 11.6. The lowest BCUT2D eigenvalue weighted by Crippen LogP contribution is -2.24. The van der Waals surface area contributed by atoms with Gasteiger partial charge in [0.1, 0.15) is 6.54 Å². The molecule has 0 bridgehead atoms. The third kappa shape index (κ3) is 4.58. The summed E-state index contributed by atoms with van der Waals surface area (Å²) in [5.41, 5.74) is 0.146. The molecule has 176 valence electrons. The molecule has 4 rings (SSSR count). The van der Waals surface area contributed by atoms with Crippen LogP contribution in [-0.4, -0.2) is 25.5 Å². The molecule has 1 N–H and O–H groups in total. The predicted octanol–water partition coefficient (Wildman–Crippen LogP) is 5.22. The van der Waals surface area contributed by atoms with E-state index in [0.29, 0.717) is 17.8 Å². The van der Waals surface area contributed by atoms with Gasteiger partial charge in [-0.2, -0.15) is 13.2 Å². The van der Waals surface area contributed by atoms with Crippen LogP contribution >= 0.6 is 27.5 Å². The Hall–Kier alpha value is -3.18. The van der Waals surface area contributed by atoms with E-state index in [-0.39, 0.29) is 38.3 Å². The Morgan fingerprint density at radius 1 is 1.15 bits per heavy atom. The molecular formula is C22H16BrClF3N5O2. The van der Waals surface area contributed by atoms with Crippen LogP contribution in [0.3, 0.4) is 0 Å². The van der Waals surface area contributed by atoms with Crippen molar-refractivity contribution in [2.24, 2.45) is 0 Å². The van der Waals surface area contributed by atoms with Crippen molar-refractivity contribution >= 4 is 50.3 Å². The number of amides is 1. The molecular weight excluding hydrogens is 539 g/mol. The van der Waals surface area contributed by atoms with E-state index in [1.165, 1.54) is 4.80 Å². The van der Waals surface area contributed by atoms with E-state index in [1.54, 1.807) is 28.8 Å². The number of para-hydroxylation sites is 1. The Labute approximate surface area is 204 Å². The standard InChI is InChI=1S/C22H16BrClF3N5O2/c1-2-16-18(23)20(34)19-21(30-32(29-19)13-6-4-3-5-7-13)31(16)11-17(33)28-15-9-8-12(10-14(15)24)22(25,26)27/h3-10H,2,11H2,1H3,(H,28,33). The topological polar surface area (TPSA) is 81.8 Å². The number of pyridine rings is 1. The molecule has 0 atom stereocenters. The fourth-order valence-electron chi connectivity index (χ4n) is 3.43. The molecule has 0 unspecified atom stereocenters. The number of aromatic nitrogens is 4. The highest BCUT2D eigenvalue weighted by Gasteiger charge is 2.31. The van der Waals surface area contributed by atoms with Crippen LogP contribution in [0.25, 0.3) is 16.9 Å². The second kappa shape index (κ2) is 9.22. The van der Waals surface area contributed by atoms with E-state index in [1.807, 2.05) is 13.0 Å². The van der Waals surface area contributed by atoms with Gasteiger partial charge in [0.15, 0.2) is 11.2 Å². The highest BCUT2D eigenvalue weighted by atomic mass is 79.9. The highest BCUT2D eigenvalue weighted by molar-refractivity contribution is 9.10. The minimum Gasteiger partial charge on any atom is -0.323 e. The van der Waals surface area contributed by atoms with Crippen LogP contribution in [0.1, 0.15) is 18.2 Å². The van der Waals surface area contributed by atoms with Gasteiger partial charge < -0.3 is 9.88 Å². The Balaban J connectivity index is 1.72. The zero-order valence-electron chi connectivity index (χ0n) is 17.5. The van der Waals surface area contributed by atoms with E-state index >= 15 is 0 Å². The Bertz CT molecular complexity index is 1450. The summed E-state index contributed by atoms with van der Waals surface area (Å²) in [7, 11) is 0. The van der Waals surface area contributed by atoms with E-state index in [4.69, 9.17) is 11.6 Å². The van der Waals surface area contributed by atoms with Crippen LogP contribution in [0, 0.1) is 0 Å². The molecule has 4 aromatic rings. The fraction of sp³-hybridized carbons (Fsp3) is 0.182. The molecule has 0 saturated carbocycles. The van der Waals surface area contributed by atoms with Crippen molar-refractivity contribution in [1.29, 1.82) is 0 Å². The SMILES string of the molecule is CCc1c(Br)c(=O)c2nn(-c3ccccc3)nc2n1CC(=O)Nc1ccc(C(F)(F)F)cc1Cl. The average molecular weight is 555 g/mol. The van der Waals surface area contributed by atoms with E-state index in [0.717, 1.165) is 18.2 Å². The normalized spacial score (nSPS) is 11.7. The number of nitrogens with zero attached hydrogens (tertiary/aromatic N) is 4. The molecule has 0 aliphatic carbocycles. The van der Waals surface area contributed by atoms with Gasteiger partial charge in [-0.25, -0.2) is 0 Å². The Kier molecular flexibility index (Phi) is 6.50. The molecule has 2 aromatic carbocycles. The number of carbonyl (C=O) groups excluding carboxylic acids is 1. The minimum atomic E-state index is -4.55. The molecule has 0 fully saturated rings. The summed E-state index contributed by atoms with van der Waals surface area (Å²) >= 11 is 9.26. The number of rotatable bonds is 5. The van der Waals surface area contributed by atoms with E-state index < -0.39 is 17.6 Å². The maximum Gasteiger partial charge on any atom is 0.416 e. The third-order valence-electron chi connectivity index (χ3n) is 5.04. The predicted molar refractivity (Wildman–Crippen MR) is 125 cm³/mol. The summed E-state index contributed by atoms with van der Waals surface area (Å²) in [5.74, 6) is -0.567. The molecule has 0 radical (unpaired) electrons. The number of nitrogens with one attached hydrogen (secondary N) is 1. The second-order valence-corrected chi connectivity index (χ2v) is 8.47. The molecule has 0 saturated heterocycles. The maximum atomic E-state index is 12.9. The van der Waals surface area contributed by atoms with Gasteiger partial charge in [0, 0.05) is 5.69 Å². The number of benzene rings is 2. The smallest absolute Gasteiger partial charge is 0.323 e. The number of halogens is 5. The zero-order valence-corrected chi connectivity index (χ0v) is 19.9. The van der Waals surface area contributed by atoms with Crippen molar-refractivity contribution in [3.8, 4) is 5.69 Å². The van der Waals surface area contributed by atoms with Crippen LogP contribution in [0.2, 0.25) is 5.02 Å². The lowest BCUT2D eigenvalue weighted by atomic mass is 10.2. The average Bonchev–Trinajstić information content (AvgIpc) is 3.24. The summed E-state index contributed by atoms with van der Waals surface area (Å²) in [4.78, 5) is 27.0. The van der Waals surface area contributed by atoms with Crippen molar-refractivity contribution in [3.05, 3.63) is 79.5 Å². The van der Waals surface area contributed by atoms with Gasteiger partial charge in [-0.1, -0.05) is 36.7 Å². The van der Waals surface area contributed by atoms with Crippen molar-refractivity contribution < 1.29 is 18.0 Å². The second-order valence-electron chi connectivity index (χ2n) is 7.27. The lowest BCUT2D eigenvalue weighted by Gasteiger charge is -2.15. The number of hydrogen-bond acceptors (Lipinski definition) is 4. The van der Waals surface area contributed by atoms with E-state index in [2.05, 4.69) is 31.4 Å². The number of hydrogen-bond donors (Lipinski definition) is 1. The van der Waals surface area contributed by atoms with Crippen LogP contribution in [0.5, 0.6) is 0 Å². The molecule has 2 aromatic heterocycles. The van der Waals surface area contributed by atoms with E-state index in [9.17, 15) is 22.8 Å². The summed E-state index contributed by atoms with van der Waals surface area (Å²) in [6.45, 7) is 1.54. The number of alkyl halides is 3. The van der Waals surface area contributed by atoms with Crippen molar-refractivity contribution in [3.63, 3.8) is 0 Å². The molecule has 2 heterocycles.